The molecule has 82 valence electrons. The maximum absolute atomic E-state index is 10.6. The number of carboxylic acid groups (broad SMARTS) is 1. The van der Waals surface area contributed by atoms with E-state index in [2.05, 4.69) is 20.2 Å². The Morgan fingerprint density at radius 2 is 2.25 bits per heavy atom. The molecule has 2 aromatic heterocycles. The van der Waals surface area contributed by atoms with Crippen LogP contribution in [0.3, 0.4) is 0 Å². The monoisotopic (exact) mass is 220 g/mol. The number of aromatic nitrogens is 4. The number of aryl methyl sites for hydroxylation is 1. The minimum atomic E-state index is -1.16. The van der Waals surface area contributed by atoms with Gasteiger partial charge in [-0.05, 0) is 6.92 Å². The Morgan fingerprint density at radius 3 is 2.88 bits per heavy atom. The summed E-state index contributed by atoms with van der Waals surface area (Å²) in [7, 11) is 0. The minimum absolute atomic E-state index is 0.0893. The zero-order chi connectivity index (χ0) is 11.5. The molecule has 0 aliphatic rings. The first-order valence-corrected chi connectivity index (χ1v) is 4.40. The van der Waals surface area contributed by atoms with Gasteiger partial charge in [-0.25, -0.2) is 9.78 Å². The van der Waals surface area contributed by atoms with E-state index in [-0.39, 0.29) is 11.6 Å². The average molecular weight is 220 g/mol. The number of hydrogen-bond acceptors (Lipinski definition) is 5. The van der Waals surface area contributed by atoms with Crippen LogP contribution < -0.4 is 4.74 Å². The molecule has 0 bridgehead atoms. The van der Waals surface area contributed by atoms with E-state index in [0.29, 0.717) is 5.88 Å². The molecule has 0 fully saturated rings. The van der Waals surface area contributed by atoms with Crippen LogP contribution in [0, 0.1) is 6.92 Å². The summed E-state index contributed by atoms with van der Waals surface area (Å²) in [4.78, 5) is 18.1. The fourth-order valence-electron chi connectivity index (χ4n) is 1.05. The summed E-state index contributed by atoms with van der Waals surface area (Å²) < 4.78 is 5.21. The first kappa shape index (κ1) is 10.1. The van der Waals surface area contributed by atoms with Crippen LogP contribution in [0.2, 0.25) is 0 Å². The zero-order valence-corrected chi connectivity index (χ0v) is 8.34. The third-order valence-electron chi connectivity index (χ3n) is 1.72. The smallest absolute Gasteiger partial charge is 0.356 e. The predicted octanol–water partition coefficient (Wildman–Crippen LogP) is 0.999. The van der Waals surface area contributed by atoms with Crippen molar-refractivity contribution in [3.05, 3.63) is 29.8 Å². The van der Waals surface area contributed by atoms with Crippen LogP contribution in [0.4, 0.5) is 0 Å². The van der Waals surface area contributed by atoms with Crippen molar-refractivity contribution in [2.45, 2.75) is 6.92 Å². The number of hydrogen-bond donors (Lipinski definition) is 2. The van der Waals surface area contributed by atoms with Crippen LogP contribution in [0.5, 0.6) is 11.8 Å². The molecule has 2 N–H and O–H groups in total. The fourth-order valence-corrected chi connectivity index (χ4v) is 1.05. The van der Waals surface area contributed by atoms with Gasteiger partial charge in [-0.1, -0.05) is 0 Å². The Balaban J connectivity index is 2.21. The summed E-state index contributed by atoms with van der Waals surface area (Å²) in [5.41, 5.74) is 0.655. The van der Waals surface area contributed by atoms with Crippen LogP contribution in [0.1, 0.15) is 16.2 Å². The van der Waals surface area contributed by atoms with Crippen LogP contribution >= 0.6 is 0 Å². The van der Waals surface area contributed by atoms with Gasteiger partial charge in [0.15, 0.2) is 5.69 Å². The second-order valence-electron chi connectivity index (χ2n) is 3.04. The first-order valence-electron chi connectivity index (χ1n) is 4.40. The SMILES string of the molecule is Cc1cc(Oc2cncc(C(=O)O)n2)n[nH]1. The number of H-pyrrole nitrogens is 1. The van der Waals surface area contributed by atoms with Crippen molar-refractivity contribution in [1.29, 1.82) is 0 Å². The topological polar surface area (TPSA) is 101 Å². The van der Waals surface area contributed by atoms with Gasteiger partial charge in [-0.15, -0.1) is 5.10 Å². The molecule has 0 amide bonds. The van der Waals surface area contributed by atoms with Crippen LogP contribution in [-0.4, -0.2) is 31.2 Å². The van der Waals surface area contributed by atoms with Gasteiger partial charge in [0, 0.05) is 11.8 Å². The molecule has 0 aliphatic heterocycles. The summed E-state index contributed by atoms with van der Waals surface area (Å²) in [6.45, 7) is 1.82. The van der Waals surface area contributed by atoms with E-state index in [4.69, 9.17) is 9.84 Å². The fraction of sp³-hybridized carbons (Fsp3) is 0.111. The first-order chi connectivity index (χ1) is 7.65. The molecule has 0 unspecified atom stereocenters. The molecule has 0 spiro atoms. The highest BCUT2D eigenvalue weighted by Crippen LogP contribution is 2.16. The van der Waals surface area contributed by atoms with Gasteiger partial charge < -0.3 is 9.84 Å². The van der Waals surface area contributed by atoms with Gasteiger partial charge in [0.2, 0.25) is 11.8 Å². The van der Waals surface area contributed by atoms with E-state index in [1.54, 1.807) is 6.07 Å². The quantitative estimate of drug-likeness (QED) is 0.800. The van der Waals surface area contributed by atoms with Crippen LogP contribution in [0.15, 0.2) is 18.5 Å². The third kappa shape index (κ3) is 2.14. The third-order valence-corrected chi connectivity index (χ3v) is 1.72. The van der Waals surface area contributed by atoms with E-state index in [9.17, 15) is 4.79 Å². The molecule has 7 nitrogen and oxygen atoms in total. The summed E-state index contributed by atoms with van der Waals surface area (Å²) in [5, 5.41) is 15.2. The maximum Gasteiger partial charge on any atom is 0.356 e. The number of nitrogens with zero attached hydrogens (tertiary/aromatic N) is 3. The Labute approximate surface area is 90.1 Å². The molecule has 0 aromatic carbocycles. The Hall–Kier alpha value is -2.44. The standard InChI is InChI=1S/C9H8N4O3/c1-5-2-7(13-12-5)16-8-4-10-3-6(11-8)9(14)15/h2-4H,1H3,(H,12,13)(H,14,15). The molecular formula is C9H8N4O3. The highest BCUT2D eigenvalue weighted by molar-refractivity contribution is 5.84. The molecule has 2 rings (SSSR count). The predicted molar refractivity (Wildman–Crippen MR) is 52.4 cm³/mol. The second-order valence-corrected chi connectivity index (χ2v) is 3.04. The van der Waals surface area contributed by atoms with Gasteiger partial charge >= 0.3 is 5.97 Å². The molecular weight excluding hydrogens is 212 g/mol. The average Bonchev–Trinajstić information content (AvgIpc) is 2.64. The lowest BCUT2D eigenvalue weighted by molar-refractivity contribution is 0.0689. The van der Waals surface area contributed by atoms with Crippen LogP contribution in [-0.2, 0) is 0 Å². The number of ether oxygens (including phenoxy) is 1. The number of carbonyl (C=O) groups is 1. The molecule has 2 aromatic rings. The Bertz CT molecular complexity index is 523. The number of carboxylic acids is 1. The number of aromatic carboxylic acids is 1. The van der Waals surface area contributed by atoms with Gasteiger partial charge in [0.1, 0.15) is 0 Å². The van der Waals surface area contributed by atoms with Crippen molar-refractivity contribution >= 4 is 5.97 Å². The Morgan fingerprint density at radius 1 is 1.44 bits per heavy atom. The summed E-state index contributed by atoms with van der Waals surface area (Å²) in [6, 6.07) is 1.66. The van der Waals surface area contributed by atoms with Gasteiger partial charge in [0.05, 0.1) is 12.4 Å². The van der Waals surface area contributed by atoms with Gasteiger partial charge in [0.25, 0.3) is 0 Å². The van der Waals surface area contributed by atoms with Crippen LogP contribution in [0.25, 0.3) is 0 Å². The maximum atomic E-state index is 10.6. The lowest BCUT2D eigenvalue weighted by atomic mass is 10.4. The Kier molecular flexibility index (Phi) is 2.50. The van der Waals surface area contributed by atoms with Crippen molar-refractivity contribution < 1.29 is 14.6 Å². The van der Waals surface area contributed by atoms with Crippen molar-refractivity contribution in [1.82, 2.24) is 20.2 Å². The van der Waals surface area contributed by atoms with Crippen molar-refractivity contribution in [3.63, 3.8) is 0 Å². The number of nitrogens with one attached hydrogen (secondary N) is 1. The number of aromatic amines is 1. The van der Waals surface area contributed by atoms with E-state index < -0.39 is 5.97 Å². The van der Waals surface area contributed by atoms with E-state index in [1.807, 2.05) is 6.92 Å². The molecule has 16 heavy (non-hydrogen) atoms. The molecule has 0 aliphatic carbocycles. The number of rotatable bonds is 3. The van der Waals surface area contributed by atoms with E-state index >= 15 is 0 Å². The molecule has 0 saturated carbocycles. The van der Waals surface area contributed by atoms with Crippen molar-refractivity contribution in [2.24, 2.45) is 0 Å². The lowest BCUT2D eigenvalue weighted by Gasteiger charge is -2.00. The highest BCUT2D eigenvalue weighted by Gasteiger charge is 2.08. The highest BCUT2D eigenvalue weighted by atomic mass is 16.5. The van der Waals surface area contributed by atoms with Gasteiger partial charge in [-0.3, -0.25) is 10.1 Å². The van der Waals surface area contributed by atoms with E-state index in [1.165, 1.54) is 6.20 Å². The molecule has 0 radical (unpaired) electrons. The summed E-state index contributed by atoms with van der Waals surface area (Å²) in [6.07, 6.45) is 2.46. The normalized spacial score (nSPS) is 10.1. The van der Waals surface area contributed by atoms with Crippen molar-refractivity contribution in [2.75, 3.05) is 0 Å². The zero-order valence-electron chi connectivity index (χ0n) is 8.34. The summed E-state index contributed by atoms with van der Waals surface area (Å²) >= 11 is 0. The van der Waals surface area contributed by atoms with Crippen molar-refractivity contribution in [3.8, 4) is 11.8 Å². The minimum Gasteiger partial charge on any atom is -0.476 e. The molecule has 7 heteroatoms. The second kappa shape index (κ2) is 3.97. The van der Waals surface area contributed by atoms with E-state index in [0.717, 1.165) is 11.9 Å². The summed E-state index contributed by atoms with van der Waals surface area (Å²) in [5.74, 6) is -0.753. The lowest BCUT2D eigenvalue weighted by Crippen LogP contribution is -2.02. The largest absolute Gasteiger partial charge is 0.476 e. The molecule has 0 atom stereocenters. The molecule has 0 saturated heterocycles. The van der Waals surface area contributed by atoms with Gasteiger partial charge in [-0.2, -0.15) is 0 Å². The molecule has 2 heterocycles.